The van der Waals surface area contributed by atoms with E-state index in [-0.39, 0.29) is 17.0 Å². The lowest BCUT2D eigenvalue weighted by atomic mass is 10.1. The van der Waals surface area contributed by atoms with Gasteiger partial charge in [-0.05, 0) is 25.5 Å². The molecule has 0 radical (unpaired) electrons. The summed E-state index contributed by atoms with van der Waals surface area (Å²) in [5.74, 6) is -1.40. The predicted molar refractivity (Wildman–Crippen MR) is 81.6 cm³/mol. The van der Waals surface area contributed by atoms with Crippen molar-refractivity contribution in [3.05, 3.63) is 23.5 Å². The second-order valence-corrected chi connectivity index (χ2v) is 6.78. The number of esters is 1. The SMILES string of the molecule is CCNc1cc(C(=O)OC)c(F)c(N2CCCS2(O)O)c1. The molecule has 0 atom stereocenters. The van der Waals surface area contributed by atoms with Gasteiger partial charge in [0.1, 0.15) is 0 Å². The third-order valence-corrected chi connectivity index (χ3v) is 5.16. The van der Waals surface area contributed by atoms with Crippen molar-refractivity contribution in [3.8, 4) is 0 Å². The molecular formula is C13H19FN2O4S. The van der Waals surface area contributed by atoms with Crippen LogP contribution in [0.5, 0.6) is 0 Å². The van der Waals surface area contributed by atoms with Gasteiger partial charge in [-0.2, -0.15) is 0 Å². The number of benzene rings is 1. The summed E-state index contributed by atoms with van der Waals surface area (Å²) in [6, 6.07) is 2.83. The van der Waals surface area contributed by atoms with Crippen molar-refractivity contribution < 1.29 is 23.0 Å². The first-order chi connectivity index (χ1) is 9.90. The smallest absolute Gasteiger partial charge is 0.341 e. The molecule has 0 aromatic heterocycles. The first-order valence-corrected chi connectivity index (χ1v) is 8.27. The number of methoxy groups -OCH3 is 1. The highest BCUT2D eigenvalue weighted by atomic mass is 32.3. The van der Waals surface area contributed by atoms with Crippen molar-refractivity contribution in [2.24, 2.45) is 0 Å². The van der Waals surface area contributed by atoms with Crippen LogP contribution < -0.4 is 9.62 Å². The van der Waals surface area contributed by atoms with Gasteiger partial charge in [-0.3, -0.25) is 13.4 Å². The van der Waals surface area contributed by atoms with Crippen molar-refractivity contribution >= 4 is 28.1 Å². The molecule has 0 amide bonds. The van der Waals surface area contributed by atoms with Crippen LogP contribution in [0.15, 0.2) is 12.1 Å². The van der Waals surface area contributed by atoms with Crippen molar-refractivity contribution in [2.45, 2.75) is 13.3 Å². The molecule has 1 saturated heterocycles. The molecule has 0 bridgehead atoms. The Morgan fingerprint density at radius 2 is 2.24 bits per heavy atom. The maximum atomic E-state index is 14.5. The molecule has 1 aromatic rings. The minimum absolute atomic E-state index is 0.00588. The first kappa shape index (κ1) is 15.9. The highest BCUT2D eigenvalue weighted by Gasteiger charge is 2.33. The topological polar surface area (TPSA) is 82.0 Å². The molecule has 6 nitrogen and oxygen atoms in total. The summed E-state index contributed by atoms with van der Waals surface area (Å²) >= 11 is 0. The molecule has 1 aliphatic heterocycles. The summed E-state index contributed by atoms with van der Waals surface area (Å²) in [7, 11) is -1.86. The zero-order valence-corrected chi connectivity index (χ0v) is 12.7. The van der Waals surface area contributed by atoms with E-state index in [1.165, 1.54) is 23.5 Å². The predicted octanol–water partition coefficient (Wildman–Crippen LogP) is 2.92. The van der Waals surface area contributed by atoms with E-state index >= 15 is 0 Å². The number of ether oxygens (including phenoxy) is 1. The fraction of sp³-hybridized carbons (Fsp3) is 0.462. The molecule has 118 valence electrons. The fourth-order valence-corrected chi connectivity index (χ4v) is 3.90. The van der Waals surface area contributed by atoms with Crippen LogP contribution in [0.2, 0.25) is 0 Å². The Bertz CT molecular complexity index is 553. The van der Waals surface area contributed by atoms with Gasteiger partial charge in [0.25, 0.3) is 0 Å². The van der Waals surface area contributed by atoms with Crippen LogP contribution in [0.1, 0.15) is 23.7 Å². The monoisotopic (exact) mass is 318 g/mol. The number of nitrogens with one attached hydrogen (secondary N) is 1. The zero-order valence-electron chi connectivity index (χ0n) is 11.9. The molecular weight excluding hydrogens is 299 g/mol. The molecule has 0 unspecified atom stereocenters. The van der Waals surface area contributed by atoms with Gasteiger partial charge in [0, 0.05) is 18.8 Å². The molecule has 0 spiro atoms. The van der Waals surface area contributed by atoms with E-state index in [4.69, 9.17) is 0 Å². The fourth-order valence-electron chi connectivity index (χ4n) is 2.29. The number of hydrogen-bond donors (Lipinski definition) is 3. The Labute approximate surface area is 124 Å². The van der Waals surface area contributed by atoms with Crippen molar-refractivity contribution in [1.29, 1.82) is 0 Å². The van der Waals surface area contributed by atoms with Gasteiger partial charge < -0.3 is 10.1 Å². The quantitative estimate of drug-likeness (QED) is 0.741. The summed E-state index contributed by atoms with van der Waals surface area (Å²) in [6.07, 6.45) is 0.556. The van der Waals surface area contributed by atoms with Gasteiger partial charge in [0.05, 0.1) is 24.1 Å². The maximum Gasteiger partial charge on any atom is 0.341 e. The molecule has 21 heavy (non-hydrogen) atoms. The molecule has 1 heterocycles. The van der Waals surface area contributed by atoms with Crippen LogP contribution in [-0.4, -0.2) is 41.0 Å². The molecule has 8 heteroatoms. The lowest BCUT2D eigenvalue weighted by Crippen LogP contribution is -2.24. The number of halogens is 1. The largest absolute Gasteiger partial charge is 0.465 e. The van der Waals surface area contributed by atoms with Gasteiger partial charge in [-0.25, -0.2) is 9.18 Å². The summed E-state index contributed by atoms with van der Waals surface area (Å²) in [4.78, 5) is 11.7. The molecule has 1 aromatic carbocycles. The average Bonchev–Trinajstić information content (AvgIpc) is 2.79. The van der Waals surface area contributed by atoms with E-state index in [0.717, 1.165) is 0 Å². The number of anilines is 2. The number of hydrogen-bond acceptors (Lipinski definition) is 6. The summed E-state index contributed by atoms with van der Waals surface area (Å²) in [6.45, 7) is 2.78. The Morgan fingerprint density at radius 1 is 1.52 bits per heavy atom. The summed E-state index contributed by atoms with van der Waals surface area (Å²) in [5.41, 5.74) is 0.302. The van der Waals surface area contributed by atoms with Crippen LogP contribution in [0.25, 0.3) is 0 Å². The van der Waals surface area contributed by atoms with E-state index in [1.54, 1.807) is 0 Å². The minimum atomic E-state index is -3.03. The molecule has 3 N–H and O–H groups in total. The molecule has 1 fully saturated rings. The lowest BCUT2D eigenvalue weighted by molar-refractivity contribution is 0.0595. The summed E-state index contributed by atoms with van der Waals surface area (Å²) in [5, 5.41) is 2.99. The lowest BCUT2D eigenvalue weighted by Gasteiger charge is -2.38. The number of nitrogens with zero attached hydrogens (tertiary/aromatic N) is 1. The number of carbonyl (C=O) groups is 1. The highest BCUT2D eigenvalue weighted by Crippen LogP contribution is 2.52. The Morgan fingerprint density at radius 3 is 2.76 bits per heavy atom. The van der Waals surface area contributed by atoms with Crippen LogP contribution in [0.4, 0.5) is 15.8 Å². The van der Waals surface area contributed by atoms with Crippen LogP contribution in [0.3, 0.4) is 0 Å². The Hall–Kier alpha value is -1.51. The highest BCUT2D eigenvalue weighted by molar-refractivity contribution is 8.25. The van der Waals surface area contributed by atoms with Crippen molar-refractivity contribution in [3.63, 3.8) is 0 Å². The number of carbonyl (C=O) groups excluding carboxylic acids is 1. The standard InChI is InChI=1S/C13H19FN2O4S/c1-3-15-9-7-10(13(17)20-2)12(14)11(8-9)16-5-4-6-21(16,18)19/h7-8,15,18-19H,3-6H2,1-2H3. The van der Waals surface area contributed by atoms with Crippen molar-refractivity contribution in [1.82, 2.24) is 0 Å². The minimum Gasteiger partial charge on any atom is -0.465 e. The first-order valence-electron chi connectivity index (χ1n) is 6.60. The van der Waals surface area contributed by atoms with Gasteiger partial charge >= 0.3 is 5.97 Å². The Kier molecular flexibility index (Phi) is 4.60. The van der Waals surface area contributed by atoms with E-state index in [2.05, 4.69) is 10.1 Å². The third kappa shape index (κ3) is 3.07. The van der Waals surface area contributed by atoms with Crippen molar-refractivity contribution in [2.75, 3.05) is 35.6 Å². The van der Waals surface area contributed by atoms with Crippen LogP contribution in [0, 0.1) is 5.82 Å². The van der Waals surface area contributed by atoms with Crippen LogP contribution >= 0.6 is 10.8 Å². The van der Waals surface area contributed by atoms with Gasteiger partial charge in [-0.1, -0.05) is 0 Å². The Balaban J connectivity index is 2.53. The molecule has 2 rings (SSSR count). The maximum absolute atomic E-state index is 14.5. The van der Waals surface area contributed by atoms with E-state index in [0.29, 0.717) is 25.2 Å². The molecule has 0 aliphatic carbocycles. The normalized spacial score (nSPS) is 18.4. The zero-order chi connectivity index (χ0) is 15.6. The van der Waals surface area contributed by atoms with E-state index in [9.17, 15) is 18.3 Å². The van der Waals surface area contributed by atoms with Crippen LogP contribution in [-0.2, 0) is 4.74 Å². The molecule has 0 saturated carbocycles. The van der Waals surface area contributed by atoms with Gasteiger partial charge in [0.15, 0.2) is 5.82 Å². The molecule has 1 aliphatic rings. The van der Waals surface area contributed by atoms with Gasteiger partial charge in [0.2, 0.25) is 0 Å². The summed E-state index contributed by atoms with van der Waals surface area (Å²) < 4.78 is 40.4. The van der Waals surface area contributed by atoms with E-state index in [1.807, 2.05) is 6.92 Å². The second-order valence-electron chi connectivity index (χ2n) is 4.67. The average molecular weight is 318 g/mol. The third-order valence-electron chi connectivity index (χ3n) is 3.24. The van der Waals surface area contributed by atoms with E-state index < -0.39 is 22.6 Å². The van der Waals surface area contributed by atoms with Gasteiger partial charge in [-0.15, -0.1) is 10.8 Å². The number of rotatable bonds is 4. The second kappa shape index (κ2) is 6.08.